The standard InChI is InChI=1S/C11H10F3NO3/c1-5-3-4-7(6(2)8(5)9(16)17)15-10(18)11(12,13)14/h3-4H,1-2H3,(H,15,18)(H,16,17). The monoisotopic (exact) mass is 261 g/mol. The quantitative estimate of drug-likeness (QED) is 0.859. The van der Waals surface area contributed by atoms with Crippen molar-refractivity contribution in [3.05, 3.63) is 28.8 Å². The van der Waals surface area contributed by atoms with Gasteiger partial charge in [-0.1, -0.05) is 6.07 Å². The van der Waals surface area contributed by atoms with E-state index >= 15 is 0 Å². The molecule has 0 heterocycles. The Balaban J connectivity index is 3.17. The van der Waals surface area contributed by atoms with Crippen molar-refractivity contribution in [1.82, 2.24) is 0 Å². The molecule has 0 atom stereocenters. The summed E-state index contributed by atoms with van der Waals surface area (Å²) >= 11 is 0. The number of amides is 1. The van der Waals surface area contributed by atoms with Gasteiger partial charge in [-0.3, -0.25) is 4.79 Å². The van der Waals surface area contributed by atoms with Gasteiger partial charge >= 0.3 is 18.1 Å². The Morgan fingerprint density at radius 2 is 1.78 bits per heavy atom. The summed E-state index contributed by atoms with van der Waals surface area (Å²) in [6.45, 7) is 2.86. The van der Waals surface area contributed by atoms with Gasteiger partial charge in [-0.2, -0.15) is 13.2 Å². The van der Waals surface area contributed by atoms with E-state index in [0.29, 0.717) is 5.56 Å². The summed E-state index contributed by atoms with van der Waals surface area (Å²) in [4.78, 5) is 21.7. The normalized spacial score (nSPS) is 11.2. The minimum absolute atomic E-state index is 0.0834. The molecule has 1 aromatic carbocycles. The molecule has 4 nitrogen and oxygen atoms in total. The zero-order valence-electron chi connectivity index (χ0n) is 9.55. The molecule has 0 radical (unpaired) electrons. The largest absolute Gasteiger partial charge is 0.478 e. The SMILES string of the molecule is Cc1ccc(NC(=O)C(F)(F)F)c(C)c1C(=O)O. The second kappa shape index (κ2) is 4.67. The van der Waals surface area contributed by atoms with Crippen LogP contribution in [-0.2, 0) is 4.79 Å². The summed E-state index contributed by atoms with van der Waals surface area (Å²) in [7, 11) is 0. The number of benzene rings is 1. The van der Waals surface area contributed by atoms with Crippen molar-refractivity contribution in [2.75, 3.05) is 5.32 Å². The van der Waals surface area contributed by atoms with Gasteiger partial charge in [0.05, 0.1) is 5.56 Å². The van der Waals surface area contributed by atoms with Gasteiger partial charge in [-0.25, -0.2) is 4.79 Å². The molecular formula is C11H10F3NO3. The molecule has 1 amide bonds. The summed E-state index contributed by atoms with van der Waals surface area (Å²) < 4.78 is 36.2. The third-order valence-corrected chi connectivity index (χ3v) is 2.39. The Morgan fingerprint density at radius 1 is 1.22 bits per heavy atom. The average Bonchev–Trinajstić information content (AvgIpc) is 2.20. The second-order valence-electron chi connectivity index (χ2n) is 3.69. The number of nitrogens with one attached hydrogen (secondary N) is 1. The number of rotatable bonds is 2. The number of anilines is 1. The van der Waals surface area contributed by atoms with Crippen molar-refractivity contribution < 1.29 is 27.9 Å². The fourth-order valence-corrected chi connectivity index (χ4v) is 1.50. The molecule has 0 aliphatic heterocycles. The molecule has 0 bridgehead atoms. The van der Waals surface area contributed by atoms with E-state index in [2.05, 4.69) is 0 Å². The summed E-state index contributed by atoms with van der Waals surface area (Å²) in [5.41, 5.74) is 0.209. The number of carboxylic acid groups (broad SMARTS) is 1. The number of halogens is 3. The zero-order chi connectivity index (χ0) is 14.1. The topological polar surface area (TPSA) is 66.4 Å². The number of carbonyl (C=O) groups excluding carboxylic acids is 1. The van der Waals surface area contributed by atoms with Crippen LogP contribution in [0.3, 0.4) is 0 Å². The first kappa shape index (κ1) is 14.0. The lowest BCUT2D eigenvalue weighted by atomic mass is 10.0. The van der Waals surface area contributed by atoms with E-state index in [1.165, 1.54) is 26.0 Å². The van der Waals surface area contributed by atoms with Crippen LogP contribution in [0, 0.1) is 13.8 Å². The number of carboxylic acids is 1. The number of carbonyl (C=O) groups is 2. The summed E-state index contributed by atoms with van der Waals surface area (Å²) in [5, 5.41) is 10.6. The molecule has 0 aliphatic carbocycles. The predicted molar refractivity (Wildman–Crippen MR) is 57.6 cm³/mol. The van der Waals surface area contributed by atoms with Crippen molar-refractivity contribution >= 4 is 17.6 Å². The van der Waals surface area contributed by atoms with Crippen molar-refractivity contribution in [2.45, 2.75) is 20.0 Å². The molecule has 2 N–H and O–H groups in total. The van der Waals surface area contributed by atoms with Crippen molar-refractivity contribution in [3.63, 3.8) is 0 Å². The summed E-state index contributed by atoms with van der Waals surface area (Å²) in [6, 6.07) is 2.57. The molecule has 0 aliphatic rings. The Labute approximate surface area is 100 Å². The minimum atomic E-state index is -5.01. The van der Waals surface area contributed by atoms with E-state index in [9.17, 15) is 22.8 Å². The summed E-state index contributed by atoms with van der Waals surface area (Å²) in [6.07, 6.45) is -5.01. The summed E-state index contributed by atoms with van der Waals surface area (Å²) in [5.74, 6) is -3.39. The lowest BCUT2D eigenvalue weighted by molar-refractivity contribution is -0.167. The number of alkyl halides is 3. The average molecular weight is 261 g/mol. The van der Waals surface area contributed by atoms with Crippen LogP contribution < -0.4 is 5.32 Å². The van der Waals surface area contributed by atoms with Crippen molar-refractivity contribution in [2.24, 2.45) is 0 Å². The van der Waals surface area contributed by atoms with Gasteiger partial charge in [0.2, 0.25) is 0 Å². The van der Waals surface area contributed by atoms with Crippen LogP contribution in [0.5, 0.6) is 0 Å². The number of hydrogen-bond donors (Lipinski definition) is 2. The highest BCUT2D eigenvalue weighted by atomic mass is 19.4. The van der Waals surface area contributed by atoms with Crippen LogP contribution in [0.25, 0.3) is 0 Å². The highest BCUT2D eigenvalue weighted by Crippen LogP contribution is 2.25. The fourth-order valence-electron chi connectivity index (χ4n) is 1.50. The van der Waals surface area contributed by atoms with Gasteiger partial charge in [-0.15, -0.1) is 0 Å². The molecule has 0 spiro atoms. The first-order chi connectivity index (χ1) is 8.14. The molecule has 0 unspecified atom stereocenters. The van der Waals surface area contributed by atoms with E-state index < -0.39 is 18.1 Å². The Kier molecular flexibility index (Phi) is 3.64. The second-order valence-corrected chi connectivity index (χ2v) is 3.69. The predicted octanol–water partition coefficient (Wildman–Crippen LogP) is 2.50. The number of aryl methyl sites for hydroxylation is 1. The van der Waals surface area contributed by atoms with Crippen LogP contribution >= 0.6 is 0 Å². The van der Waals surface area contributed by atoms with Gasteiger partial charge in [0.15, 0.2) is 0 Å². The molecule has 1 aromatic rings. The molecule has 98 valence electrons. The van der Waals surface area contributed by atoms with Crippen LogP contribution in [0.1, 0.15) is 21.5 Å². The van der Waals surface area contributed by atoms with Gasteiger partial charge in [0.25, 0.3) is 0 Å². The van der Waals surface area contributed by atoms with Crippen LogP contribution in [-0.4, -0.2) is 23.2 Å². The van der Waals surface area contributed by atoms with Gasteiger partial charge in [0.1, 0.15) is 0 Å². The number of hydrogen-bond acceptors (Lipinski definition) is 2. The molecule has 7 heteroatoms. The minimum Gasteiger partial charge on any atom is -0.478 e. The number of aromatic carboxylic acids is 1. The Morgan fingerprint density at radius 3 is 2.22 bits per heavy atom. The maximum Gasteiger partial charge on any atom is 0.471 e. The molecule has 18 heavy (non-hydrogen) atoms. The smallest absolute Gasteiger partial charge is 0.471 e. The van der Waals surface area contributed by atoms with Crippen molar-refractivity contribution in [1.29, 1.82) is 0 Å². The van der Waals surface area contributed by atoms with E-state index in [1.54, 1.807) is 5.32 Å². The molecule has 0 saturated heterocycles. The molecule has 0 aromatic heterocycles. The lowest BCUT2D eigenvalue weighted by Gasteiger charge is -2.13. The molecule has 0 saturated carbocycles. The van der Waals surface area contributed by atoms with Crippen LogP contribution in [0.15, 0.2) is 12.1 Å². The lowest BCUT2D eigenvalue weighted by Crippen LogP contribution is -2.30. The van der Waals surface area contributed by atoms with Gasteiger partial charge in [-0.05, 0) is 31.0 Å². The maximum absolute atomic E-state index is 12.1. The Bertz CT molecular complexity index is 509. The molecule has 0 fully saturated rings. The van der Waals surface area contributed by atoms with E-state index in [4.69, 9.17) is 5.11 Å². The van der Waals surface area contributed by atoms with E-state index in [1.807, 2.05) is 0 Å². The highest BCUT2D eigenvalue weighted by Gasteiger charge is 2.39. The zero-order valence-corrected chi connectivity index (χ0v) is 9.55. The first-order valence-corrected chi connectivity index (χ1v) is 4.86. The van der Waals surface area contributed by atoms with E-state index in [0.717, 1.165) is 0 Å². The molecular weight excluding hydrogens is 251 g/mol. The molecule has 1 rings (SSSR count). The van der Waals surface area contributed by atoms with Gasteiger partial charge < -0.3 is 10.4 Å². The third kappa shape index (κ3) is 2.79. The van der Waals surface area contributed by atoms with Gasteiger partial charge in [0, 0.05) is 5.69 Å². The van der Waals surface area contributed by atoms with Crippen molar-refractivity contribution in [3.8, 4) is 0 Å². The Hall–Kier alpha value is -2.05. The maximum atomic E-state index is 12.1. The van der Waals surface area contributed by atoms with E-state index in [-0.39, 0.29) is 16.8 Å². The first-order valence-electron chi connectivity index (χ1n) is 4.86. The fraction of sp³-hybridized carbons (Fsp3) is 0.273. The highest BCUT2D eigenvalue weighted by molar-refractivity contribution is 5.98. The van der Waals surface area contributed by atoms with Crippen LogP contribution in [0.2, 0.25) is 0 Å². The van der Waals surface area contributed by atoms with Crippen LogP contribution in [0.4, 0.5) is 18.9 Å². The third-order valence-electron chi connectivity index (χ3n) is 2.39.